The lowest BCUT2D eigenvalue weighted by molar-refractivity contribution is -0.215. The van der Waals surface area contributed by atoms with Crippen LogP contribution in [0.4, 0.5) is 0 Å². The molecule has 0 aromatic carbocycles. The predicted octanol–water partition coefficient (Wildman–Crippen LogP) is 2.11. The van der Waals surface area contributed by atoms with Gasteiger partial charge in [-0.15, -0.1) is 0 Å². The van der Waals surface area contributed by atoms with Gasteiger partial charge in [-0.2, -0.15) is 0 Å². The molecule has 4 nitrogen and oxygen atoms in total. The molecule has 1 saturated heterocycles. The topological polar surface area (TPSA) is 60.8 Å². The third-order valence-electron chi connectivity index (χ3n) is 6.87. The maximum Gasteiger partial charge on any atom is 0.323 e. The van der Waals surface area contributed by atoms with Gasteiger partial charge in [0, 0.05) is 0 Å². The Hall–Kier alpha value is -0.610. The van der Waals surface area contributed by atoms with Crippen LogP contribution in [0.25, 0.3) is 0 Å². The first-order valence-corrected chi connectivity index (χ1v) is 8.78. The fourth-order valence-electron chi connectivity index (χ4n) is 6.21. The summed E-state index contributed by atoms with van der Waals surface area (Å²) in [5.74, 6) is 1.15. The third kappa shape index (κ3) is 2.06. The minimum Gasteiger partial charge on any atom is -0.480 e. The van der Waals surface area contributed by atoms with Crippen LogP contribution >= 0.6 is 0 Å². The van der Waals surface area contributed by atoms with Crippen molar-refractivity contribution in [3.63, 3.8) is 0 Å². The number of carboxylic acid groups (broad SMARTS) is 1. The van der Waals surface area contributed by atoms with Gasteiger partial charge >= 0.3 is 5.97 Å². The first kappa shape index (κ1) is 14.0. The molecule has 0 aromatic rings. The van der Waals surface area contributed by atoms with Crippen molar-refractivity contribution in [3.05, 3.63) is 0 Å². The minimum atomic E-state index is -0.976. The molecule has 4 bridgehead atoms. The van der Waals surface area contributed by atoms with E-state index >= 15 is 0 Å². The van der Waals surface area contributed by atoms with Crippen molar-refractivity contribution >= 4 is 5.97 Å². The van der Waals surface area contributed by atoms with Crippen molar-refractivity contribution in [1.29, 1.82) is 0 Å². The van der Waals surface area contributed by atoms with Crippen LogP contribution in [0, 0.1) is 23.7 Å². The number of carboxylic acids is 1. The highest BCUT2D eigenvalue weighted by molar-refractivity contribution is 5.75. The van der Waals surface area contributed by atoms with Crippen LogP contribution in [-0.4, -0.2) is 45.8 Å². The molecule has 4 saturated carbocycles. The van der Waals surface area contributed by atoms with Crippen LogP contribution in [0.1, 0.15) is 51.4 Å². The van der Waals surface area contributed by atoms with E-state index < -0.39 is 17.6 Å². The second-order valence-electron chi connectivity index (χ2n) is 8.03. The van der Waals surface area contributed by atoms with Crippen molar-refractivity contribution in [2.45, 2.75) is 63.0 Å². The van der Waals surface area contributed by atoms with Gasteiger partial charge in [0.05, 0.1) is 5.60 Å². The van der Waals surface area contributed by atoms with Gasteiger partial charge < -0.3 is 10.2 Å². The first-order chi connectivity index (χ1) is 10.1. The fourth-order valence-corrected chi connectivity index (χ4v) is 6.21. The van der Waals surface area contributed by atoms with Crippen LogP contribution < -0.4 is 0 Å². The van der Waals surface area contributed by atoms with Crippen LogP contribution in [-0.2, 0) is 4.79 Å². The van der Waals surface area contributed by atoms with E-state index in [0.29, 0.717) is 0 Å². The summed E-state index contributed by atoms with van der Waals surface area (Å²) in [6.07, 6.45) is 8.88. The van der Waals surface area contributed by atoms with Gasteiger partial charge in [0.2, 0.25) is 0 Å². The molecule has 5 rings (SSSR count). The van der Waals surface area contributed by atoms with Gasteiger partial charge in [-0.05, 0) is 81.7 Å². The predicted molar refractivity (Wildman–Crippen MR) is 78.8 cm³/mol. The zero-order valence-corrected chi connectivity index (χ0v) is 12.7. The SMILES string of the molecule is O=C(O)C(N1CCCCC1)C1(O)C2CC3CC(C2)CC1C3. The summed E-state index contributed by atoms with van der Waals surface area (Å²) in [5, 5.41) is 21.4. The molecule has 1 atom stereocenters. The second kappa shape index (κ2) is 4.95. The molecule has 4 heteroatoms. The third-order valence-corrected chi connectivity index (χ3v) is 6.87. The Balaban J connectivity index is 1.66. The first-order valence-electron chi connectivity index (χ1n) is 8.78. The lowest BCUT2D eigenvalue weighted by atomic mass is 9.48. The molecule has 1 aliphatic heterocycles. The second-order valence-corrected chi connectivity index (χ2v) is 8.03. The molecule has 21 heavy (non-hydrogen) atoms. The zero-order chi connectivity index (χ0) is 14.6. The lowest BCUT2D eigenvalue weighted by Gasteiger charge is -2.61. The molecule has 0 spiro atoms. The quantitative estimate of drug-likeness (QED) is 0.836. The van der Waals surface area contributed by atoms with E-state index in [9.17, 15) is 15.0 Å². The van der Waals surface area contributed by atoms with Crippen molar-refractivity contribution in [2.24, 2.45) is 23.7 Å². The van der Waals surface area contributed by atoms with E-state index in [4.69, 9.17) is 0 Å². The summed E-state index contributed by atoms with van der Waals surface area (Å²) in [7, 11) is 0. The average molecular weight is 293 g/mol. The average Bonchev–Trinajstić information content (AvgIpc) is 2.45. The van der Waals surface area contributed by atoms with E-state index in [-0.39, 0.29) is 11.8 Å². The number of hydrogen-bond donors (Lipinski definition) is 2. The van der Waals surface area contributed by atoms with E-state index in [2.05, 4.69) is 4.90 Å². The number of piperidine rings is 1. The van der Waals surface area contributed by atoms with Crippen LogP contribution in [0.2, 0.25) is 0 Å². The molecule has 0 aromatic heterocycles. The largest absolute Gasteiger partial charge is 0.480 e. The Bertz CT molecular complexity index is 402. The number of hydrogen-bond acceptors (Lipinski definition) is 3. The number of aliphatic hydroxyl groups is 1. The molecule has 1 unspecified atom stereocenters. The summed E-state index contributed by atoms with van der Waals surface area (Å²) >= 11 is 0. The summed E-state index contributed by atoms with van der Waals surface area (Å²) in [5.41, 5.74) is -0.976. The molecule has 118 valence electrons. The Kier molecular flexibility index (Phi) is 3.30. The van der Waals surface area contributed by atoms with Crippen molar-refractivity contribution in [3.8, 4) is 0 Å². The molecule has 4 aliphatic carbocycles. The Morgan fingerprint density at radius 3 is 1.95 bits per heavy atom. The summed E-state index contributed by atoms with van der Waals surface area (Å²) in [6.45, 7) is 1.68. The molecule has 5 aliphatic rings. The molecular formula is C17H27NO3. The monoisotopic (exact) mass is 293 g/mol. The van der Waals surface area contributed by atoms with Gasteiger partial charge in [-0.25, -0.2) is 0 Å². The molecule has 0 radical (unpaired) electrons. The molecular weight excluding hydrogens is 266 g/mol. The maximum absolute atomic E-state index is 12.0. The fraction of sp³-hybridized carbons (Fsp3) is 0.941. The summed E-state index contributed by atoms with van der Waals surface area (Å²) < 4.78 is 0. The van der Waals surface area contributed by atoms with Crippen LogP contribution in [0.15, 0.2) is 0 Å². The van der Waals surface area contributed by atoms with Crippen LogP contribution in [0.5, 0.6) is 0 Å². The number of carbonyl (C=O) groups is 1. The van der Waals surface area contributed by atoms with Gasteiger partial charge in [0.25, 0.3) is 0 Å². The molecule has 0 amide bonds. The molecule has 5 fully saturated rings. The standard InChI is InChI=1S/C17H27NO3/c19-16(20)15(18-4-2-1-3-5-18)17(21)13-7-11-6-12(9-13)10-14(17)8-11/h11-15,21H,1-10H2,(H,19,20). The van der Waals surface area contributed by atoms with Crippen LogP contribution in [0.3, 0.4) is 0 Å². The molecule has 1 heterocycles. The lowest BCUT2D eigenvalue weighted by Crippen LogP contribution is -2.69. The van der Waals surface area contributed by atoms with E-state index in [1.54, 1.807) is 0 Å². The Labute approximate surface area is 126 Å². The van der Waals surface area contributed by atoms with Crippen molar-refractivity contribution < 1.29 is 15.0 Å². The van der Waals surface area contributed by atoms with Crippen molar-refractivity contribution in [1.82, 2.24) is 4.90 Å². The summed E-state index contributed by atoms with van der Waals surface area (Å²) in [6, 6.07) is -0.673. The van der Waals surface area contributed by atoms with Crippen molar-refractivity contribution in [2.75, 3.05) is 13.1 Å². The Morgan fingerprint density at radius 1 is 0.952 bits per heavy atom. The van der Waals surface area contributed by atoms with E-state index in [1.807, 2.05) is 0 Å². The highest BCUT2D eigenvalue weighted by atomic mass is 16.4. The number of likely N-dealkylation sites (tertiary alicyclic amines) is 1. The highest BCUT2D eigenvalue weighted by Crippen LogP contribution is 2.59. The maximum atomic E-state index is 12.0. The Morgan fingerprint density at radius 2 is 1.48 bits per heavy atom. The van der Waals surface area contributed by atoms with Gasteiger partial charge in [-0.1, -0.05) is 6.42 Å². The van der Waals surface area contributed by atoms with E-state index in [1.165, 1.54) is 12.8 Å². The minimum absolute atomic E-state index is 0.219. The zero-order valence-electron chi connectivity index (χ0n) is 12.7. The van der Waals surface area contributed by atoms with Gasteiger partial charge in [0.15, 0.2) is 0 Å². The van der Waals surface area contributed by atoms with Gasteiger partial charge in [-0.3, -0.25) is 9.69 Å². The summed E-state index contributed by atoms with van der Waals surface area (Å²) in [4.78, 5) is 14.1. The molecule has 2 N–H and O–H groups in total. The normalized spacial score (nSPS) is 47.5. The highest BCUT2D eigenvalue weighted by Gasteiger charge is 2.62. The number of aliphatic carboxylic acids is 1. The van der Waals surface area contributed by atoms with E-state index in [0.717, 1.165) is 63.5 Å². The number of nitrogens with zero attached hydrogens (tertiary/aromatic N) is 1. The smallest absolute Gasteiger partial charge is 0.323 e. The van der Waals surface area contributed by atoms with Gasteiger partial charge in [0.1, 0.15) is 6.04 Å². The number of rotatable bonds is 3.